The molecule has 2 N–H and O–H groups in total. The van der Waals surface area contributed by atoms with Crippen molar-refractivity contribution in [1.82, 2.24) is 4.98 Å². The topological polar surface area (TPSA) is 53.4 Å². The fraction of sp³-hybridized carbons (Fsp3) is 0.531. The van der Waals surface area contributed by atoms with E-state index in [-0.39, 0.29) is 38.2 Å². The number of benzene rings is 2. The smallest absolute Gasteiger partial charge is 0.0626 e. The third-order valence-corrected chi connectivity index (χ3v) is 8.09. The minimum Gasteiger partial charge on any atom is -0.392 e. The maximum Gasteiger partial charge on any atom is 0.0626 e. The van der Waals surface area contributed by atoms with E-state index >= 15 is 0 Å². The SMILES string of the molecule is CC(C)C[C@@H]1CC2C[C@H](C(C)C)C(O)C2C1O.Cc1[c-]c(-c2ccc3ccccc3n2)cc(C)c1.[Ir]. The second-order valence-electron chi connectivity index (χ2n) is 11.7. The normalized spacial score (nSPS) is 27.1. The van der Waals surface area contributed by atoms with Gasteiger partial charge in [0.25, 0.3) is 0 Å². The Balaban J connectivity index is 0.000000196. The van der Waals surface area contributed by atoms with E-state index in [2.05, 4.69) is 77.9 Å². The van der Waals surface area contributed by atoms with Gasteiger partial charge in [0.2, 0.25) is 0 Å². The van der Waals surface area contributed by atoms with Crippen LogP contribution in [-0.4, -0.2) is 27.4 Å². The number of aromatic nitrogens is 1. The Morgan fingerprint density at radius 3 is 2.31 bits per heavy atom. The molecule has 1 radical (unpaired) electrons. The molecule has 3 nitrogen and oxygen atoms in total. The largest absolute Gasteiger partial charge is 0.392 e. The van der Waals surface area contributed by atoms with Gasteiger partial charge in [0, 0.05) is 26.0 Å². The molecule has 2 fully saturated rings. The molecule has 197 valence electrons. The van der Waals surface area contributed by atoms with Crippen molar-refractivity contribution in [1.29, 1.82) is 0 Å². The summed E-state index contributed by atoms with van der Waals surface area (Å²) in [5, 5.41) is 22.0. The standard InChI is InChI=1S/C17H14N.C15H28O2.Ir/c1-12-9-13(2)11-15(10-12)17-8-7-14-5-3-4-6-16(14)18-17;1-8(2)5-11-6-10-7-12(9(3)4)15(17)13(10)14(11)16;/h3-10H,1-2H3;8-17H,5-7H2,1-4H3;/q-1;;/t;10?,11-,12-,13?,14?,15?;/m.1./s1. The summed E-state index contributed by atoms with van der Waals surface area (Å²) in [6.07, 6.45) is 2.82. The first-order valence-corrected chi connectivity index (χ1v) is 13.4. The number of aryl methyl sites for hydroxylation is 2. The Hall–Kier alpha value is -1.58. The van der Waals surface area contributed by atoms with E-state index in [0.717, 1.165) is 41.6 Å². The van der Waals surface area contributed by atoms with E-state index in [1.807, 2.05) is 18.2 Å². The second-order valence-corrected chi connectivity index (χ2v) is 11.7. The number of pyridine rings is 1. The van der Waals surface area contributed by atoms with Crippen molar-refractivity contribution in [2.24, 2.45) is 35.5 Å². The zero-order chi connectivity index (χ0) is 25.3. The first kappa shape index (κ1) is 29.0. The molecule has 0 amide bonds. The minimum atomic E-state index is -0.271. The zero-order valence-corrected chi connectivity index (χ0v) is 24.9. The fourth-order valence-corrected chi connectivity index (χ4v) is 6.54. The number of fused-ring (bicyclic) bond motifs is 2. The molecular weight excluding hydrogens is 623 g/mol. The van der Waals surface area contributed by atoms with Gasteiger partial charge < -0.3 is 10.2 Å². The van der Waals surface area contributed by atoms with Crippen molar-refractivity contribution < 1.29 is 30.3 Å². The van der Waals surface area contributed by atoms with E-state index in [1.165, 1.54) is 10.9 Å². The summed E-state index contributed by atoms with van der Waals surface area (Å²) in [6.45, 7) is 13.0. The van der Waals surface area contributed by atoms with Gasteiger partial charge in [-0.3, -0.25) is 4.98 Å². The maximum absolute atomic E-state index is 10.4. The number of aliphatic hydroxyl groups excluding tert-OH is 2. The number of hydrogen-bond donors (Lipinski definition) is 2. The molecule has 4 heteroatoms. The van der Waals surface area contributed by atoms with Gasteiger partial charge in [-0.2, -0.15) is 0 Å². The van der Waals surface area contributed by atoms with Crippen molar-refractivity contribution in [2.45, 2.75) is 73.0 Å². The molecule has 2 aliphatic rings. The van der Waals surface area contributed by atoms with Crippen LogP contribution in [0.15, 0.2) is 48.5 Å². The van der Waals surface area contributed by atoms with E-state index in [0.29, 0.717) is 29.6 Å². The van der Waals surface area contributed by atoms with Crippen LogP contribution in [0, 0.1) is 55.4 Å². The zero-order valence-electron chi connectivity index (χ0n) is 22.5. The van der Waals surface area contributed by atoms with Gasteiger partial charge in [-0.1, -0.05) is 71.9 Å². The van der Waals surface area contributed by atoms with Gasteiger partial charge >= 0.3 is 0 Å². The molecule has 3 aromatic rings. The van der Waals surface area contributed by atoms with Crippen LogP contribution in [0.1, 0.15) is 58.1 Å². The molecule has 0 bridgehead atoms. The predicted octanol–water partition coefficient (Wildman–Crippen LogP) is 7.00. The second kappa shape index (κ2) is 12.3. The van der Waals surface area contributed by atoms with Crippen LogP contribution in [0.5, 0.6) is 0 Å². The Morgan fingerprint density at radius 1 is 0.944 bits per heavy atom. The quantitative estimate of drug-likeness (QED) is 0.296. The van der Waals surface area contributed by atoms with E-state index in [9.17, 15) is 10.2 Å². The van der Waals surface area contributed by atoms with Gasteiger partial charge in [0.15, 0.2) is 0 Å². The van der Waals surface area contributed by atoms with Crippen molar-refractivity contribution in [3.8, 4) is 11.3 Å². The fourth-order valence-electron chi connectivity index (χ4n) is 6.54. The summed E-state index contributed by atoms with van der Waals surface area (Å²) >= 11 is 0. The average Bonchev–Trinajstić information content (AvgIpc) is 3.29. The molecule has 5 rings (SSSR count). The Labute approximate surface area is 231 Å². The van der Waals surface area contributed by atoms with Crippen molar-refractivity contribution in [2.75, 3.05) is 0 Å². The van der Waals surface area contributed by atoms with Crippen LogP contribution in [0.2, 0.25) is 0 Å². The summed E-state index contributed by atoms with van der Waals surface area (Å²) in [6, 6.07) is 20.0. The summed E-state index contributed by atoms with van der Waals surface area (Å²) in [5.74, 6) is 2.73. The number of nitrogens with zero attached hydrogens (tertiary/aromatic N) is 1. The van der Waals surface area contributed by atoms with E-state index in [4.69, 9.17) is 4.98 Å². The van der Waals surface area contributed by atoms with Crippen molar-refractivity contribution >= 4 is 10.9 Å². The third-order valence-electron chi connectivity index (χ3n) is 8.09. The Morgan fingerprint density at radius 2 is 1.67 bits per heavy atom. The maximum atomic E-state index is 10.4. The predicted molar refractivity (Wildman–Crippen MR) is 145 cm³/mol. The number of rotatable bonds is 4. The molecule has 2 aliphatic carbocycles. The summed E-state index contributed by atoms with van der Waals surface area (Å²) in [5.41, 5.74) is 5.48. The molecule has 1 aromatic heterocycles. The first-order valence-electron chi connectivity index (χ1n) is 13.4. The van der Waals surface area contributed by atoms with Crippen LogP contribution in [0.4, 0.5) is 0 Å². The van der Waals surface area contributed by atoms with Gasteiger partial charge in [0.05, 0.1) is 17.7 Å². The molecule has 2 saturated carbocycles. The van der Waals surface area contributed by atoms with Crippen LogP contribution in [-0.2, 0) is 20.1 Å². The van der Waals surface area contributed by atoms with Gasteiger partial charge in [-0.15, -0.1) is 34.9 Å². The van der Waals surface area contributed by atoms with E-state index in [1.54, 1.807) is 0 Å². The third kappa shape index (κ3) is 6.45. The average molecular weight is 665 g/mol. The molecule has 1 heterocycles. The van der Waals surface area contributed by atoms with Crippen LogP contribution < -0.4 is 0 Å². The first-order chi connectivity index (χ1) is 16.6. The molecule has 2 aromatic carbocycles. The minimum absolute atomic E-state index is 0. The summed E-state index contributed by atoms with van der Waals surface area (Å²) in [4.78, 5) is 4.70. The molecule has 0 aliphatic heterocycles. The molecular formula is C32H42IrNO2-. The summed E-state index contributed by atoms with van der Waals surface area (Å²) in [7, 11) is 0. The van der Waals surface area contributed by atoms with Crippen molar-refractivity contribution in [3.63, 3.8) is 0 Å². The molecule has 36 heavy (non-hydrogen) atoms. The van der Waals surface area contributed by atoms with Crippen molar-refractivity contribution in [3.05, 3.63) is 65.7 Å². The molecule has 0 spiro atoms. The number of aliphatic hydroxyl groups is 2. The molecule has 4 unspecified atom stereocenters. The van der Waals surface area contributed by atoms with E-state index < -0.39 is 0 Å². The number of para-hydroxylation sites is 1. The number of hydrogen-bond acceptors (Lipinski definition) is 3. The monoisotopic (exact) mass is 665 g/mol. The van der Waals surface area contributed by atoms with Crippen LogP contribution in [0.25, 0.3) is 22.2 Å². The van der Waals surface area contributed by atoms with Gasteiger partial charge in [0.1, 0.15) is 0 Å². The Kier molecular flexibility index (Phi) is 9.91. The van der Waals surface area contributed by atoms with Crippen LogP contribution >= 0.6 is 0 Å². The van der Waals surface area contributed by atoms with Gasteiger partial charge in [-0.05, 0) is 66.0 Å². The van der Waals surface area contributed by atoms with Crippen LogP contribution in [0.3, 0.4) is 0 Å². The molecule has 6 atom stereocenters. The van der Waals surface area contributed by atoms with Gasteiger partial charge in [-0.25, -0.2) is 0 Å². The molecule has 0 saturated heterocycles. The summed E-state index contributed by atoms with van der Waals surface area (Å²) < 4.78 is 0. The Bertz CT molecular complexity index is 1120.